The molecule has 2 amide bonds. The van der Waals surface area contributed by atoms with Crippen molar-refractivity contribution < 1.29 is 9.59 Å². The van der Waals surface area contributed by atoms with Gasteiger partial charge in [0.15, 0.2) is 0 Å². The SMILES string of the molecule is O=C(NCc1ccc(Cl)cc1)C(Cc1ccccc1)N1Cc2ccccc2C1=O. The third kappa shape index (κ3) is 4.33. The molecule has 3 aromatic carbocycles. The molecule has 0 spiro atoms. The van der Waals surface area contributed by atoms with Gasteiger partial charge in [-0.3, -0.25) is 9.59 Å². The molecule has 1 unspecified atom stereocenters. The number of hydrogen-bond acceptors (Lipinski definition) is 2. The van der Waals surface area contributed by atoms with Gasteiger partial charge in [0.2, 0.25) is 5.91 Å². The maximum absolute atomic E-state index is 13.1. The summed E-state index contributed by atoms with van der Waals surface area (Å²) >= 11 is 5.93. The van der Waals surface area contributed by atoms with Crippen LogP contribution in [0.2, 0.25) is 5.02 Å². The van der Waals surface area contributed by atoms with Crippen LogP contribution in [0.15, 0.2) is 78.9 Å². The lowest BCUT2D eigenvalue weighted by Gasteiger charge is -2.27. The van der Waals surface area contributed by atoms with E-state index in [9.17, 15) is 9.59 Å². The zero-order valence-electron chi connectivity index (χ0n) is 15.8. The molecule has 0 bridgehead atoms. The summed E-state index contributed by atoms with van der Waals surface area (Å²) in [5.41, 5.74) is 3.61. The van der Waals surface area contributed by atoms with E-state index in [0.29, 0.717) is 30.1 Å². The molecule has 0 aromatic heterocycles. The van der Waals surface area contributed by atoms with Crippen LogP contribution >= 0.6 is 11.6 Å². The Kier molecular flexibility index (Phi) is 5.63. The Labute approximate surface area is 175 Å². The van der Waals surface area contributed by atoms with Crippen LogP contribution in [0.1, 0.15) is 27.0 Å². The lowest BCUT2D eigenvalue weighted by molar-refractivity contribution is -0.125. The Morgan fingerprint density at radius 2 is 1.62 bits per heavy atom. The first-order valence-electron chi connectivity index (χ1n) is 9.57. The van der Waals surface area contributed by atoms with Crippen LogP contribution in [0.25, 0.3) is 0 Å². The maximum atomic E-state index is 13.1. The third-order valence-electron chi connectivity index (χ3n) is 5.18. The number of nitrogens with zero attached hydrogens (tertiary/aromatic N) is 1. The molecule has 5 heteroatoms. The molecule has 1 atom stereocenters. The molecule has 146 valence electrons. The monoisotopic (exact) mass is 404 g/mol. The minimum atomic E-state index is -0.579. The molecule has 0 saturated heterocycles. The summed E-state index contributed by atoms with van der Waals surface area (Å²) in [6, 6.07) is 24.1. The van der Waals surface area contributed by atoms with Gasteiger partial charge in [-0.2, -0.15) is 0 Å². The van der Waals surface area contributed by atoms with Crippen LogP contribution < -0.4 is 5.32 Å². The van der Waals surface area contributed by atoms with Crippen LogP contribution in [-0.4, -0.2) is 22.8 Å². The number of nitrogens with one attached hydrogen (secondary N) is 1. The second-order valence-electron chi connectivity index (χ2n) is 7.14. The van der Waals surface area contributed by atoms with Crippen LogP contribution in [0.4, 0.5) is 0 Å². The first-order chi connectivity index (χ1) is 14.1. The lowest BCUT2D eigenvalue weighted by atomic mass is 10.0. The molecule has 1 aliphatic heterocycles. The minimum absolute atomic E-state index is 0.0943. The van der Waals surface area contributed by atoms with Crippen molar-refractivity contribution in [2.45, 2.75) is 25.6 Å². The van der Waals surface area contributed by atoms with Gasteiger partial charge in [-0.1, -0.05) is 72.3 Å². The highest BCUT2D eigenvalue weighted by atomic mass is 35.5. The van der Waals surface area contributed by atoms with Crippen molar-refractivity contribution in [3.63, 3.8) is 0 Å². The molecule has 29 heavy (non-hydrogen) atoms. The molecule has 0 fully saturated rings. The zero-order chi connectivity index (χ0) is 20.2. The Balaban J connectivity index is 1.54. The van der Waals surface area contributed by atoms with Gasteiger partial charge in [-0.15, -0.1) is 0 Å². The molecule has 1 heterocycles. The second-order valence-corrected chi connectivity index (χ2v) is 7.58. The smallest absolute Gasteiger partial charge is 0.255 e. The number of fused-ring (bicyclic) bond motifs is 1. The molecular weight excluding hydrogens is 384 g/mol. The van der Waals surface area contributed by atoms with Gasteiger partial charge in [0.05, 0.1) is 0 Å². The summed E-state index contributed by atoms with van der Waals surface area (Å²) in [4.78, 5) is 27.8. The van der Waals surface area contributed by atoms with E-state index in [1.54, 1.807) is 17.0 Å². The fourth-order valence-electron chi connectivity index (χ4n) is 3.62. The third-order valence-corrected chi connectivity index (χ3v) is 5.43. The Bertz CT molecular complexity index is 1020. The van der Waals surface area contributed by atoms with Crippen LogP contribution in [0, 0.1) is 0 Å². The number of rotatable bonds is 6. The predicted octanol–water partition coefficient (Wildman–Crippen LogP) is 4.22. The van der Waals surface area contributed by atoms with E-state index < -0.39 is 6.04 Å². The van der Waals surface area contributed by atoms with Gasteiger partial charge in [0.25, 0.3) is 5.91 Å². The Morgan fingerprint density at radius 3 is 2.34 bits per heavy atom. The summed E-state index contributed by atoms with van der Waals surface area (Å²) in [6.07, 6.45) is 0.465. The summed E-state index contributed by atoms with van der Waals surface area (Å²) in [5.74, 6) is -0.256. The van der Waals surface area contributed by atoms with Crippen LogP contribution in [0.5, 0.6) is 0 Å². The summed E-state index contributed by atoms with van der Waals surface area (Å²) in [5, 5.41) is 3.64. The number of amides is 2. The van der Waals surface area contributed by atoms with Gasteiger partial charge in [-0.05, 0) is 34.9 Å². The molecule has 3 aromatic rings. The van der Waals surface area contributed by atoms with Crippen molar-refractivity contribution in [2.75, 3.05) is 0 Å². The van der Waals surface area contributed by atoms with Gasteiger partial charge >= 0.3 is 0 Å². The average Bonchev–Trinajstić information content (AvgIpc) is 3.08. The van der Waals surface area contributed by atoms with Crippen LogP contribution in [0.3, 0.4) is 0 Å². The summed E-state index contributed by atoms with van der Waals surface area (Å²) in [6.45, 7) is 0.830. The van der Waals surface area contributed by atoms with Crippen molar-refractivity contribution in [3.05, 3.63) is 106 Å². The second kappa shape index (κ2) is 8.50. The highest BCUT2D eigenvalue weighted by molar-refractivity contribution is 6.30. The van der Waals surface area contributed by atoms with Crippen molar-refractivity contribution in [2.24, 2.45) is 0 Å². The van der Waals surface area contributed by atoms with Crippen molar-refractivity contribution in [3.8, 4) is 0 Å². The highest BCUT2D eigenvalue weighted by Gasteiger charge is 2.36. The van der Waals surface area contributed by atoms with E-state index >= 15 is 0 Å². The molecule has 1 N–H and O–H groups in total. The van der Waals surface area contributed by atoms with Gasteiger partial charge < -0.3 is 10.2 Å². The maximum Gasteiger partial charge on any atom is 0.255 e. The number of halogens is 1. The number of carbonyl (C=O) groups excluding carboxylic acids is 2. The number of hydrogen-bond donors (Lipinski definition) is 1. The van der Waals surface area contributed by atoms with E-state index in [4.69, 9.17) is 11.6 Å². The lowest BCUT2D eigenvalue weighted by Crippen LogP contribution is -2.48. The predicted molar refractivity (Wildman–Crippen MR) is 114 cm³/mol. The molecule has 0 radical (unpaired) electrons. The average molecular weight is 405 g/mol. The summed E-state index contributed by atoms with van der Waals surface area (Å²) < 4.78 is 0. The minimum Gasteiger partial charge on any atom is -0.350 e. The molecular formula is C24H21ClN2O2. The summed E-state index contributed by atoms with van der Waals surface area (Å²) in [7, 11) is 0. The fraction of sp³-hybridized carbons (Fsp3) is 0.167. The van der Waals surface area contributed by atoms with E-state index in [1.165, 1.54) is 0 Å². The zero-order valence-corrected chi connectivity index (χ0v) is 16.6. The topological polar surface area (TPSA) is 49.4 Å². The Hall–Kier alpha value is -3.11. The molecule has 4 rings (SSSR count). The standard InChI is InChI=1S/C24H21ClN2O2/c25-20-12-10-18(11-13-20)15-26-23(28)22(14-17-6-2-1-3-7-17)27-16-19-8-4-5-9-21(19)24(27)29/h1-13,22H,14-16H2,(H,26,28). The Morgan fingerprint density at radius 1 is 0.931 bits per heavy atom. The molecule has 4 nitrogen and oxygen atoms in total. The molecule has 0 saturated carbocycles. The van der Waals surface area contributed by atoms with Gasteiger partial charge in [-0.25, -0.2) is 0 Å². The first-order valence-corrected chi connectivity index (χ1v) is 9.94. The van der Waals surface area contributed by atoms with E-state index in [2.05, 4.69) is 5.32 Å². The van der Waals surface area contributed by atoms with E-state index in [1.807, 2.05) is 66.7 Å². The molecule has 0 aliphatic carbocycles. The van der Waals surface area contributed by atoms with Crippen molar-refractivity contribution in [1.82, 2.24) is 10.2 Å². The highest BCUT2D eigenvalue weighted by Crippen LogP contribution is 2.26. The van der Waals surface area contributed by atoms with E-state index in [-0.39, 0.29) is 11.8 Å². The quantitative estimate of drug-likeness (QED) is 0.668. The fourth-order valence-corrected chi connectivity index (χ4v) is 3.75. The van der Waals surface area contributed by atoms with E-state index in [0.717, 1.165) is 16.7 Å². The number of carbonyl (C=O) groups is 2. The molecule has 1 aliphatic rings. The van der Waals surface area contributed by atoms with Gasteiger partial charge in [0, 0.05) is 30.1 Å². The van der Waals surface area contributed by atoms with Crippen LogP contribution in [-0.2, 0) is 24.3 Å². The largest absolute Gasteiger partial charge is 0.350 e. The van der Waals surface area contributed by atoms with Crippen molar-refractivity contribution in [1.29, 1.82) is 0 Å². The first kappa shape index (κ1) is 19.2. The normalized spacial score (nSPS) is 13.8. The van der Waals surface area contributed by atoms with Crippen molar-refractivity contribution >= 4 is 23.4 Å². The van der Waals surface area contributed by atoms with Gasteiger partial charge in [0.1, 0.15) is 6.04 Å². The number of benzene rings is 3.